The third-order valence-electron chi connectivity index (χ3n) is 4.36. The first kappa shape index (κ1) is 22.9. The summed E-state index contributed by atoms with van der Waals surface area (Å²) in [5, 5.41) is 4.73. The molecule has 0 saturated carbocycles. The molecule has 160 valence electrons. The molecule has 0 atom stereocenters. The zero-order valence-corrected chi connectivity index (χ0v) is 19.2. The van der Waals surface area contributed by atoms with Crippen LogP contribution in [-0.2, 0) is 17.2 Å². The lowest BCUT2D eigenvalue weighted by atomic mass is 10.1. The zero-order valence-electron chi connectivity index (χ0n) is 17.6. The molecule has 0 aliphatic heterocycles. The number of carbonyl (C=O) groups is 1. The molecule has 0 saturated heterocycles. The Morgan fingerprint density at radius 1 is 1.03 bits per heavy atom. The van der Waals surface area contributed by atoms with Crippen molar-refractivity contribution in [1.82, 2.24) is 5.43 Å². The van der Waals surface area contributed by atoms with Gasteiger partial charge < -0.3 is 4.74 Å². The lowest BCUT2D eigenvalue weighted by Crippen LogP contribution is -2.19. The molecule has 0 fully saturated rings. The van der Waals surface area contributed by atoms with Crippen LogP contribution in [0.3, 0.4) is 0 Å². The van der Waals surface area contributed by atoms with Crippen LogP contribution in [-0.4, -0.2) is 17.9 Å². The van der Waals surface area contributed by atoms with E-state index in [2.05, 4.69) is 42.6 Å². The van der Waals surface area contributed by atoms with Gasteiger partial charge in [0.05, 0.1) is 12.0 Å². The minimum Gasteiger partial charge on any atom is -0.489 e. The quantitative estimate of drug-likeness (QED) is 0.324. The van der Waals surface area contributed by atoms with Gasteiger partial charge in [0.2, 0.25) is 5.91 Å². The van der Waals surface area contributed by atoms with Crippen molar-refractivity contribution in [3.05, 3.63) is 99.6 Å². The van der Waals surface area contributed by atoms with Gasteiger partial charge in [-0.1, -0.05) is 53.1 Å². The van der Waals surface area contributed by atoms with E-state index in [1.54, 1.807) is 18.0 Å². The molecule has 31 heavy (non-hydrogen) atoms. The molecule has 3 aromatic rings. The molecule has 0 aliphatic carbocycles. The maximum Gasteiger partial charge on any atom is 0.250 e. The highest BCUT2D eigenvalue weighted by Crippen LogP contribution is 2.17. The molecule has 3 rings (SSSR count). The van der Waals surface area contributed by atoms with Crippen LogP contribution in [0, 0.1) is 13.8 Å². The van der Waals surface area contributed by atoms with Crippen LogP contribution in [0.1, 0.15) is 27.8 Å². The molecule has 0 heterocycles. The van der Waals surface area contributed by atoms with Crippen molar-refractivity contribution in [2.24, 2.45) is 5.10 Å². The number of ether oxygens (including phenoxy) is 1. The minimum absolute atomic E-state index is 0.118. The van der Waals surface area contributed by atoms with Crippen molar-refractivity contribution >= 4 is 35.5 Å². The van der Waals surface area contributed by atoms with Crippen LogP contribution in [0.15, 0.2) is 71.8 Å². The smallest absolute Gasteiger partial charge is 0.250 e. The standard InChI is InChI=1S/C25H25ClN2O2S/c1-18-10-19(2)12-22(11-18)16-31-17-25(29)28-27-14-20-6-8-24(9-7-20)30-15-21-4-3-5-23(26)13-21/h3-14H,15-17H2,1-2H3,(H,28,29)/b27-14-. The van der Waals surface area contributed by atoms with E-state index >= 15 is 0 Å². The number of rotatable bonds is 9. The Labute approximate surface area is 192 Å². The number of nitrogens with zero attached hydrogens (tertiary/aromatic N) is 1. The number of benzene rings is 3. The van der Waals surface area contributed by atoms with E-state index in [-0.39, 0.29) is 5.91 Å². The number of nitrogens with one attached hydrogen (secondary N) is 1. The second-order valence-electron chi connectivity index (χ2n) is 7.27. The molecular weight excluding hydrogens is 428 g/mol. The molecule has 0 spiro atoms. The van der Waals surface area contributed by atoms with Crippen molar-refractivity contribution in [2.45, 2.75) is 26.2 Å². The first-order valence-corrected chi connectivity index (χ1v) is 11.5. The number of amides is 1. The third kappa shape index (κ3) is 8.12. The van der Waals surface area contributed by atoms with E-state index < -0.39 is 0 Å². The molecule has 6 heteroatoms. The SMILES string of the molecule is Cc1cc(C)cc(CSCC(=O)N/N=C\c2ccc(OCc3cccc(Cl)c3)cc2)c1. The molecule has 4 nitrogen and oxygen atoms in total. The number of hydrogen-bond donors (Lipinski definition) is 1. The van der Waals surface area contributed by atoms with E-state index in [9.17, 15) is 4.79 Å². The van der Waals surface area contributed by atoms with Gasteiger partial charge in [0, 0.05) is 10.8 Å². The van der Waals surface area contributed by atoms with E-state index in [0.717, 1.165) is 22.6 Å². The number of thioether (sulfide) groups is 1. The zero-order chi connectivity index (χ0) is 22.1. The normalized spacial score (nSPS) is 10.9. The number of hydrogen-bond acceptors (Lipinski definition) is 4. The predicted molar refractivity (Wildman–Crippen MR) is 130 cm³/mol. The molecule has 3 aromatic carbocycles. The average molecular weight is 453 g/mol. The lowest BCUT2D eigenvalue weighted by molar-refractivity contribution is -0.118. The van der Waals surface area contributed by atoms with Crippen LogP contribution in [0.5, 0.6) is 5.75 Å². The molecule has 1 amide bonds. The van der Waals surface area contributed by atoms with E-state index in [1.165, 1.54) is 16.7 Å². The maximum absolute atomic E-state index is 12.0. The van der Waals surface area contributed by atoms with Crippen molar-refractivity contribution in [1.29, 1.82) is 0 Å². The summed E-state index contributed by atoms with van der Waals surface area (Å²) in [6.07, 6.45) is 1.62. The Morgan fingerprint density at radius 2 is 1.77 bits per heavy atom. The number of hydrazone groups is 1. The van der Waals surface area contributed by atoms with Crippen LogP contribution in [0.25, 0.3) is 0 Å². The van der Waals surface area contributed by atoms with Crippen LogP contribution in [0.4, 0.5) is 0 Å². The molecule has 0 aliphatic rings. The van der Waals surface area contributed by atoms with Gasteiger partial charge in [0.25, 0.3) is 0 Å². The highest BCUT2D eigenvalue weighted by molar-refractivity contribution is 7.99. The summed E-state index contributed by atoms with van der Waals surface area (Å²) in [5.74, 6) is 1.80. The van der Waals surface area contributed by atoms with E-state index in [0.29, 0.717) is 17.4 Å². The summed E-state index contributed by atoms with van der Waals surface area (Å²) >= 11 is 7.56. The van der Waals surface area contributed by atoms with Gasteiger partial charge >= 0.3 is 0 Å². The van der Waals surface area contributed by atoms with Gasteiger partial charge in [-0.3, -0.25) is 4.79 Å². The molecule has 0 unspecified atom stereocenters. The summed E-state index contributed by atoms with van der Waals surface area (Å²) in [6.45, 7) is 4.62. The van der Waals surface area contributed by atoms with Crippen molar-refractivity contribution in [3.63, 3.8) is 0 Å². The van der Waals surface area contributed by atoms with Crippen LogP contribution in [0.2, 0.25) is 5.02 Å². The van der Waals surface area contributed by atoms with Crippen LogP contribution >= 0.6 is 23.4 Å². The molecule has 0 aromatic heterocycles. The highest BCUT2D eigenvalue weighted by atomic mass is 35.5. The van der Waals surface area contributed by atoms with Gasteiger partial charge in [-0.25, -0.2) is 5.43 Å². The maximum atomic E-state index is 12.0. The Hall–Kier alpha value is -2.76. The highest BCUT2D eigenvalue weighted by Gasteiger charge is 2.02. The first-order valence-electron chi connectivity index (χ1n) is 9.92. The van der Waals surface area contributed by atoms with Gasteiger partial charge in [-0.05, 0) is 66.9 Å². The summed E-state index contributed by atoms with van der Waals surface area (Å²) in [5.41, 5.74) is 8.17. The fourth-order valence-corrected chi connectivity index (χ4v) is 4.04. The van der Waals surface area contributed by atoms with Gasteiger partial charge in [0.15, 0.2) is 0 Å². The molecule has 0 radical (unpaired) electrons. The largest absolute Gasteiger partial charge is 0.489 e. The molecular formula is C25H25ClN2O2S. The van der Waals surface area contributed by atoms with E-state index in [1.807, 2.05) is 48.5 Å². The summed E-state index contributed by atoms with van der Waals surface area (Å²) in [4.78, 5) is 12.0. The second kappa shape index (κ2) is 11.6. The lowest BCUT2D eigenvalue weighted by Gasteiger charge is -2.07. The summed E-state index contributed by atoms with van der Waals surface area (Å²) < 4.78 is 5.76. The summed E-state index contributed by atoms with van der Waals surface area (Å²) in [7, 11) is 0. The fraction of sp³-hybridized carbons (Fsp3) is 0.200. The fourth-order valence-electron chi connectivity index (χ4n) is 3.07. The van der Waals surface area contributed by atoms with Gasteiger partial charge in [0.1, 0.15) is 12.4 Å². The third-order valence-corrected chi connectivity index (χ3v) is 5.60. The Bertz CT molecular complexity index is 1030. The Morgan fingerprint density at radius 3 is 2.48 bits per heavy atom. The topological polar surface area (TPSA) is 50.7 Å². The second-order valence-corrected chi connectivity index (χ2v) is 8.69. The Kier molecular flexibility index (Phi) is 8.56. The Balaban J connectivity index is 1.39. The van der Waals surface area contributed by atoms with Crippen LogP contribution < -0.4 is 10.2 Å². The minimum atomic E-state index is -0.118. The average Bonchev–Trinajstić information content (AvgIpc) is 2.72. The van der Waals surface area contributed by atoms with Crippen molar-refractivity contribution < 1.29 is 9.53 Å². The molecule has 0 bridgehead atoms. The number of aryl methyl sites for hydroxylation is 2. The van der Waals surface area contributed by atoms with Gasteiger partial charge in [-0.15, -0.1) is 11.8 Å². The van der Waals surface area contributed by atoms with Crippen molar-refractivity contribution in [3.8, 4) is 5.75 Å². The first-order chi connectivity index (χ1) is 15.0. The van der Waals surface area contributed by atoms with Gasteiger partial charge in [-0.2, -0.15) is 5.10 Å². The number of carbonyl (C=O) groups excluding carboxylic acids is 1. The number of halogens is 1. The van der Waals surface area contributed by atoms with E-state index in [4.69, 9.17) is 16.3 Å². The van der Waals surface area contributed by atoms with Crippen molar-refractivity contribution in [2.75, 3.05) is 5.75 Å². The summed E-state index contributed by atoms with van der Waals surface area (Å²) in [6, 6.07) is 21.5. The predicted octanol–water partition coefficient (Wildman–Crippen LogP) is 5.92. The molecule has 1 N–H and O–H groups in total. The monoisotopic (exact) mass is 452 g/mol.